The summed E-state index contributed by atoms with van der Waals surface area (Å²) in [5.74, 6) is 0. The molecule has 40 valence electrons. The lowest BCUT2D eigenvalue weighted by Gasteiger charge is -2.60. The van der Waals surface area contributed by atoms with Crippen molar-refractivity contribution in [2.45, 2.75) is 13.1 Å². The summed E-state index contributed by atoms with van der Waals surface area (Å²) in [7, 11) is -3.64. The van der Waals surface area contributed by atoms with Gasteiger partial charge in [0.2, 0.25) is 0 Å². The van der Waals surface area contributed by atoms with Crippen LogP contribution >= 0.6 is 0 Å². The molecule has 0 spiro atoms. The van der Waals surface area contributed by atoms with Crippen molar-refractivity contribution >= 4 is 17.6 Å². The fourth-order valence-electron chi connectivity index (χ4n) is 1.03. The van der Waals surface area contributed by atoms with Gasteiger partial charge in [0.25, 0.3) is 0 Å². The minimum Gasteiger partial charge on any atom is -0.374 e. The molecule has 0 aliphatic carbocycles. The number of hydrogen-bond acceptors (Lipinski definition) is 3. The average molecular weight is 134 g/mol. The number of rotatable bonds is 0. The van der Waals surface area contributed by atoms with Gasteiger partial charge in [-0.2, -0.15) is 0 Å². The van der Waals surface area contributed by atoms with Crippen molar-refractivity contribution in [3.8, 4) is 0 Å². The van der Waals surface area contributed by atoms with E-state index in [1.807, 2.05) is 13.1 Å². The molecule has 0 amide bonds. The molecule has 3 fully saturated rings. The molecule has 0 unspecified atom stereocenters. The van der Waals surface area contributed by atoms with Crippen molar-refractivity contribution in [3.05, 3.63) is 0 Å². The highest BCUT2D eigenvalue weighted by Gasteiger charge is 2.76. The Labute approximate surface area is 43.9 Å². The fourth-order valence-corrected chi connectivity index (χ4v) is 9.30. The van der Waals surface area contributed by atoms with Crippen LogP contribution in [0, 0.1) is 0 Å². The molecule has 3 saturated heterocycles. The maximum absolute atomic E-state index is 5.24. The van der Waals surface area contributed by atoms with Crippen molar-refractivity contribution in [1.82, 2.24) is 0 Å². The Morgan fingerprint density at radius 2 is 1.14 bits per heavy atom. The first-order valence-electron chi connectivity index (χ1n) is 2.22. The first-order chi connectivity index (χ1) is 3.12. The highest BCUT2D eigenvalue weighted by molar-refractivity contribution is 7.00. The van der Waals surface area contributed by atoms with Crippen LogP contribution in [0.25, 0.3) is 0 Å². The monoisotopic (exact) mass is 134 g/mol. The predicted molar refractivity (Wildman–Crippen MR) is 26.5 cm³/mol. The van der Waals surface area contributed by atoms with E-state index in [9.17, 15) is 0 Å². The zero-order chi connectivity index (χ0) is 5.12. The summed E-state index contributed by atoms with van der Waals surface area (Å²) in [6.45, 7) is 3.82. The van der Waals surface area contributed by atoms with Crippen molar-refractivity contribution < 1.29 is 12.3 Å². The van der Waals surface area contributed by atoms with Gasteiger partial charge in [0.15, 0.2) is 0 Å². The quantitative estimate of drug-likeness (QED) is 0.443. The van der Waals surface area contributed by atoms with E-state index in [0.29, 0.717) is 0 Å². The Morgan fingerprint density at radius 1 is 0.857 bits per heavy atom. The lowest BCUT2D eigenvalue weighted by atomic mass is 11.9. The molecule has 0 aromatic rings. The lowest BCUT2D eigenvalue weighted by Crippen LogP contribution is -2.86. The van der Waals surface area contributed by atoms with E-state index in [0.717, 1.165) is 0 Å². The summed E-state index contributed by atoms with van der Waals surface area (Å²) < 4.78 is 15.7. The van der Waals surface area contributed by atoms with E-state index in [-0.39, 0.29) is 0 Å². The third kappa shape index (κ3) is 0.350. The summed E-state index contributed by atoms with van der Waals surface area (Å²) in [6.07, 6.45) is 0. The van der Waals surface area contributed by atoms with Crippen molar-refractivity contribution in [1.29, 1.82) is 0 Å². The van der Waals surface area contributed by atoms with Crippen LogP contribution in [0.5, 0.6) is 0 Å². The largest absolute Gasteiger partial charge is 0.475 e. The van der Waals surface area contributed by atoms with Crippen molar-refractivity contribution in [2.24, 2.45) is 0 Å². The van der Waals surface area contributed by atoms with E-state index in [1.54, 1.807) is 0 Å². The van der Waals surface area contributed by atoms with Crippen LogP contribution in [0.4, 0.5) is 0 Å². The van der Waals surface area contributed by atoms with Crippen LogP contribution in [-0.2, 0) is 12.3 Å². The van der Waals surface area contributed by atoms with Gasteiger partial charge in [-0.05, 0) is 0 Å². The van der Waals surface area contributed by atoms with E-state index >= 15 is 0 Å². The second kappa shape index (κ2) is 0.760. The molecule has 0 atom stereocenters. The summed E-state index contributed by atoms with van der Waals surface area (Å²) in [4.78, 5) is 0. The Hall–Kier alpha value is 0.314. The second-order valence-electron chi connectivity index (χ2n) is 2.03. The van der Waals surface area contributed by atoms with E-state index in [2.05, 4.69) is 0 Å². The summed E-state index contributed by atoms with van der Waals surface area (Å²) >= 11 is 0. The van der Waals surface area contributed by atoms with Crippen LogP contribution in [0.1, 0.15) is 0 Å². The van der Waals surface area contributed by atoms with Gasteiger partial charge >= 0.3 is 17.6 Å². The Kier molecular flexibility index (Phi) is 0.458. The van der Waals surface area contributed by atoms with E-state index in [1.165, 1.54) is 0 Å². The van der Waals surface area contributed by atoms with E-state index < -0.39 is 17.6 Å². The number of hydrogen-bond donors (Lipinski definition) is 0. The minimum absolute atomic E-state index is 1.82. The topological polar surface area (TPSA) is 27.7 Å². The molecule has 7 heavy (non-hydrogen) atoms. The first-order valence-corrected chi connectivity index (χ1v) is 6.67. The fraction of sp³-hybridized carbons (Fsp3) is 1.00. The zero-order valence-electron chi connectivity index (χ0n) is 4.22. The molecule has 3 heterocycles. The first kappa shape index (κ1) is 4.22. The third-order valence-electron chi connectivity index (χ3n) is 1.11. The van der Waals surface area contributed by atoms with Gasteiger partial charge in [-0.25, -0.2) is 0 Å². The molecular weight excluding hydrogens is 128 g/mol. The molecule has 0 N–H and O–H groups in total. The molecular formula is C2H6O3Si2. The second-order valence-corrected chi connectivity index (χ2v) is 7.93. The molecule has 3 rings (SSSR count). The summed E-state index contributed by atoms with van der Waals surface area (Å²) in [5.41, 5.74) is 0. The third-order valence-corrected chi connectivity index (χ3v) is 10.0. The highest BCUT2D eigenvalue weighted by atomic mass is 28.6. The van der Waals surface area contributed by atoms with Gasteiger partial charge in [-0.3, -0.25) is 0 Å². The molecule has 0 aromatic carbocycles. The maximum atomic E-state index is 5.24. The summed E-state index contributed by atoms with van der Waals surface area (Å²) in [6, 6.07) is 0. The van der Waals surface area contributed by atoms with Gasteiger partial charge < -0.3 is 12.3 Å². The molecule has 0 saturated carbocycles. The molecule has 3 aliphatic heterocycles. The SMILES string of the molecule is C[Si]12O[Si](C)(O1)O2. The zero-order valence-corrected chi connectivity index (χ0v) is 6.22. The molecule has 5 heteroatoms. The van der Waals surface area contributed by atoms with Crippen molar-refractivity contribution in [2.75, 3.05) is 0 Å². The van der Waals surface area contributed by atoms with Crippen LogP contribution in [-0.4, -0.2) is 17.6 Å². The van der Waals surface area contributed by atoms with Crippen LogP contribution < -0.4 is 0 Å². The normalized spacial score (nSPS) is 66.0. The highest BCUT2D eigenvalue weighted by Crippen LogP contribution is 2.45. The van der Waals surface area contributed by atoms with Gasteiger partial charge in [0, 0.05) is 13.1 Å². The Bertz CT molecular complexity index is 92.3. The van der Waals surface area contributed by atoms with Gasteiger partial charge in [-0.15, -0.1) is 0 Å². The Balaban J connectivity index is 2.16. The smallest absolute Gasteiger partial charge is 0.374 e. The van der Waals surface area contributed by atoms with Gasteiger partial charge in [-0.1, -0.05) is 0 Å². The van der Waals surface area contributed by atoms with Crippen molar-refractivity contribution in [3.63, 3.8) is 0 Å². The van der Waals surface area contributed by atoms with Crippen LogP contribution in [0.15, 0.2) is 0 Å². The Morgan fingerprint density at radius 3 is 1.14 bits per heavy atom. The molecule has 2 bridgehead atoms. The van der Waals surface area contributed by atoms with Gasteiger partial charge in [0.1, 0.15) is 0 Å². The molecule has 0 aromatic heterocycles. The lowest BCUT2D eigenvalue weighted by molar-refractivity contribution is -0.0217. The van der Waals surface area contributed by atoms with Gasteiger partial charge in [0.05, 0.1) is 0 Å². The molecule has 3 nitrogen and oxygen atoms in total. The standard InChI is InChI=1S/C2H6O3Si2/c1-6-3-7(2,4-6)5-6/h1-2H3. The van der Waals surface area contributed by atoms with E-state index in [4.69, 9.17) is 12.3 Å². The van der Waals surface area contributed by atoms with Crippen LogP contribution in [0.2, 0.25) is 13.1 Å². The van der Waals surface area contributed by atoms with Crippen LogP contribution in [0.3, 0.4) is 0 Å². The predicted octanol–water partition coefficient (Wildman–Crippen LogP) is 0.201. The average Bonchev–Trinajstić information content (AvgIpc) is 1.27. The maximum Gasteiger partial charge on any atom is 0.475 e. The minimum atomic E-state index is -1.82. The summed E-state index contributed by atoms with van der Waals surface area (Å²) in [5, 5.41) is 0. The molecule has 0 radical (unpaired) electrons. The molecule has 3 aliphatic rings.